The maximum atomic E-state index is 11.8. The van der Waals surface area contributed by atoms with Crippen LogP contribution in [0.25, 0.3) is 0 Å². The molecule has 0 unspecified atom stereocenters. The molecule has 110 valence electrons. The zero-order valence-electron chi connectivity index (χ0n) is 11.3. The van der Waals surface area contributed by atoms with Crippen molar-refractivity contribution in [3.8, 4) is 5.75 Å². The second-order valence-electron chi connectivity index (χ2n) is 4.69. The summed E-state index contributed by atoms with van der Waals surface area (Å²) in [6, 6.07) is 12.1. The van der Waals surface area contributed by atoms with Gasteiger partial charge >= 0.3 is 0 Å². The molecule has 2 rings (SSSR count). The van der Waals surface area contributed by atoms with E-state index < -0.39 is 0 Å². The number of aryl methyl sites for hydroxylation is 1. The third-order valence-corrected chi connectivity index (χ3v) is 3.50. The molecule has 0 fully saturated rings. The lowest BCUT2D eigenvalue weighted by atomic mass is 10.1. The fourth-order valence-electron chi connectivity index (χ4n) is 1.93. The third kappa shape index (κ3) is 4.96. The Morgan fingerprint density at radius 2 is 1.71 bits per heavy atom. The number of rotatable bonds is 5. The molecule has 5 heteroatoms. The average molecular weight is 324 g/mol. The van der Waals surface area contributed by atoms with Crippen LogP contribution in [0.3, 0.4) is 0 Å². The van der Waals surface area contributed by atoms with Gasteiger partial charge in [-0.2, -0.15) is 0 Å². The van der Waals surface area contributed by atoms with Gasteiger partial charge in [0.2, 0.25) is 5.91 Å². The third-order valence-electron chi connectivity index (χ3n) is 3.02. The number of phenolic OH excluding ortho intramolecular Hbond substituents is 1. The van der Waals surface area contributed by atoms with Gasteiger partial charge < -0.3 is 10.4 Å². The summed E-state index contributed by atoms with van der Waals surface area (Å²) >= 11 is 11.6. The Morgan fingerprint density at radius 1 is 1.05 bits per heavy atom. The Kier molecular flexibility index (Phi) is 5.48. The molecule has 0 saturated carbocycles. The van der Waals surface area contributed by atoms with Gasteiger partial charge in [0.05, 0.1) is 5.69 Å². The van der Waals surface area contributed by atoms with Crippen molar-refractivity contribution in [3.63, 3.8) is 0 Å². The largest absolute Gasteiger partial charge is 0.506 e. The molecule has 0 bridgehead atoms. The van der Waals surface area contributed by atoms with Crippen molar-refractivity contribution < 1.29 is 9.90 Å². The van der Waals surface area contributed by atoms with Crippen molar-refractivity contribution in [2.45, 2.75) is 19.3 Å². The highest BCUT2D eigenvalue weighted by Gasteiger charge is 2.07. The summed E-state index contributed by atoms with van der Waals surface area (Å²) in [5, 5.41) is 13.4. The maximum Gasteiger partial charge on any atom is 0.224 e. The first-order valence-corrected chi connectivity index (χ1v) is 7.33. The summed E-state index contributed by atoms with van der Waals surface area (Å²) in [6.07, 6.45) is 1.88. The molecule has 0 radical (unpaired) electrons. The van der Waals surface area contributed by atoms with Gasteiger partial charge in [-0.3, -0.25) is 4.79 Å². The Hall–Kier alpha value is -1.71. The summed E-state index contributed by atoms with van der Waals surface area (Å²) < 4.78 is 0. The summed E-state index contributed by atoms with van der Waals surface area (Å²) in [6.45, 7) is 0. The van der Waals surface area contributed by atoms with E-state index in [4.69, 9.17) is 23.2 Å². The Morgan fingerprint density at radius 3 is 2.43 bits per heavy atom. The first-order valence-electron chi connectivity index (χ1n) is 6.57. The van der Waals surface area contributed by atoms with Gasteiger partial charge in [0.15, 0.2) is 0 Å². The van der Waals surface area contributed by atoms with Crippen molar-refractivity contribution in [1.29, 1.82) is 0 Å². The SMILES string of the molecule is O=C(CCCc1ccc(Cl)cc1)Nc1cc(Cl)ccc1O. The number of phenols is 1. The molecule has 0 saturated heterocycles. The van der Waals surface area contributed by atoms with E-state index in [-0.39, 0.29) is 11.7 Å². The zero-order valence-corrected chi connectivity index (χ0v) is 12.8. The maximum absolute atomic E-state index is 11.8. The van der Waals surface area contributed by atoms with Gasteiger partial charge in [0, 0.05) is 16.5 Å². The van der Waals surface area contributed by atoms with Gasteiger partial charge in [-0.15, -0.1) is 0 Å². The number of halogens is 2. The van der Waals surface area contributed by atoms with Crippen LogP contribution in [0.4, 0.5) is 5.69 Å². The molecular weight excluding hydrogens is 309 g/mol. The van der Waals surface area contributed by atoms with Gasteiger partial charge in [0.1, 0.15) is 5.75 Å². The number of hydrogen-bond acceptors (Lipinski definition) is 2. The molecule has 0 aliphatic carbocycles. The number of amides is 1. The molecule has 0 aliphatic heterocycles. The lowest BCUT2D eigenvalue weighted by Crippen LogP contribution is -2.11. The number of nitrogens with one attached hydrogen (secondary N) is 1. The normalized spacial score (nSPS) is 10.4. The molecule has 0 heterocycles. The van der Waals surface area contributed by atoms with E-state index in [9.17, 15) is 9.90 Å². The lowest BCUT2D eigenvalue weighted by molar-refractivity contribution is -0.116. The number of anilines is 1. The van der Waals surface area contributed by atoms with Gasteiger partial charge in [-0.05, 0) is 48.7 Å². The van der Waals surface area contributed by atoms with Crippen LogP contribution >= 0.6 is 23.2 Å². The first kappa shape index (κ1) is 15.7. The Bertz CT molecular complexity index is 627. The number of hydrogen-bond donors (Lipinski definition) is 2. The quantitative estimate of drug-likeness (QED) is 0.786. The van der Waals surface area contributed by atoms with Crippen LogP contribution in [0.2, 0.25) is 10.0 Å². The number of benzene rings is 2. The number of carbonyl (C=O) groups excluding carboxylic acids is 1. The smallest absolute Gasteiger partial charge is 0.224 e. The van der Waals surface area contributed by atoms with Gasteiger partial charge in [0.25, 0.3) is 0 Å². The van der Waals surface area contributed by atoms with E-state index in [0.717, 1.165) is 18.4 Å². The van der Waals surface area contributed by atoms with Crippen molar-refractivity contribution in [2.24, 2.45) is 0 Å². The van der Waals surface area contributed by atoms with E-state index in [2.05, 4.69) is 5.32 Å². The second kappa shape index (κ2) is 7.34. The van der Waals surface area contributed by atoms with Crippen molar-refractivity contribution in [1.82, 2.24) is 0 Å². The molecular formula is C16H15Cl2NO2. The molecule has 1 amide bonds. The van der Waals surface area contributed by atoms with E-state index >= 15 is 0 Å². The van der Waals surface area contributed by atoms with E-state index in [0.29, 0.717) is 22.2 Å². The topological polar surface area (TPSA) is 49.3 Å². The predicted molar refractivity (Wildman–Crippen MR) is 86.1 cm³/mol. The molecule has 0 spiro atoms. The number of carbonyl (C=O) groups is 1. The van der Waals surface area contributed by atoms with Crippen LogP contribution in [0, 0.1) is 0 Å². The predicted octanol–water partition coefficient (Wildman–Crippen LogP) is 4.66. The van der Waals surface area contributed by atoms with Crippen molar-refractivity contribution in [2.75, 3.05) is 5.32 Å². The van der Waals surface area contributed by atoms with Crippen LogP contribution in [-0.4, -0.2) is 11.0 Å². The standard InChI is InChI=1S/C16H15Cl2NO2/c17-12-6-4-11(5-7-12)2-1-3-16(21)19-14-10-13(18)8-9-15(14)20/h4-10,20H,1-3H2,(H,19,21). The zero-order chi connectivity index (χ0) is 15.2. The minimum atomic E-state index is -0.151. The molecule has 2 N–H and O–H groups in total. The van der Waals surface area contributed by atoms with Crippen LogP contribution in [0.15, 0.2) is 42.5 Å². The second-order valence-corrected chi connectivity index (χ2v) is 5.56. The molecule has 0 atom stereocenters. The Labute approximate surface area is 133 Å². The van der Waals surface area contributed by atoms with Crippen LogP contribution in [-0.2, 0) is 11.2 Å². The highest BCUT2D eigenvalue weighted by atomic mass is 35.5. The minimum Gasteiger partial charge on any atom is -0.506 e. The van der Waals surface area contributed by atoms with Gasteiger partial charge in [-0.1, -0.05) is 35.3 Å². The summed E-state index contributed by atoms with van der Waals surface area (Å²) in [5.74, 6) is -0.146. The molecule has 0 aliphatic rings. The number of aromatic hydroxyl groups is 1. The minimum absolute atomic E-state index is 0.00505. The van der Waals surface area contributed by atoms with Crippen molar-refractivity contribution >= 4 is 34.8 Å². The van der Waals surface area contributed by atoms with E-state index in [1.165, 1.54) is 12.1 Å². The summed E-state index contributed by atoms with van der Waals surface area (Å²) in [5.41, 5.74) is 1.47. The molecule has 21 heavy (non-hydrogen) atoms. The highest BCUT2D eigenvalue weighted by Crippen LogP contribution is 2.26. The lowest BCUT2D eigenvalue weighted by Gasteiger charge is -2.07. The molecule has 2 aromatic rings. The molecule has 2 aromatic carbocycles. The van der Waals surface area contributed by atoms with Crippen LogP contribution in [0.5, 0.6) is 5.75 Å². The molecule has 3 nitrogen and oxygen atoms in total. The summed E-state index contributed by atoms with van der Waals surface area (Å²) in [7, 11) is 0. The fourth-order valence-corrected chi connectivity index (χ4v) is 2.22. The Balaban J connectivity index is 1.82. The highest BCUT2D eigenvalue weighted by molar-refractivity contribution is 6.31. The summed E-state index contributed by atoms with van der Waals surface area (Å²) in [4.78, 5) is 11.8. The van der Waals surface area contributed by atoms with Crippen LogP contribution in [0.1, 0.15) is 18.4 Å². The first-order chi connectivity index (χ1) is 10.0. The monoisotopic (exact) mass is 323 g/mol. The average Bonchev–Trinajstić information content (AvgIpc) is 2.45. The van der Waals surface area contributed by atoms with Crippen molar-refractivity contribution in [3.05, 3.63) is 58.1 Å². The molecule has 0 aromatic heterocycles. The fraction of sp³-hybridized carbons (Fsp3) is 0.188. The van der Waals surface area contributed by atoms with E-state index in [1.807, 2.05) is 24.3 Å². The van der Waals surface area contributed by atoms with Gasteiger partial charge in [-0.25, -0.2) is 0 Å². The van der Waals surface area contributed by atoms with E-state index in [1.54, 1.807) is 6.07 Å². The van der Waals surface area contributed by atoms with Crippen LogP contribution < -0.4 is 5.32 Å².